The SMILES string of the molecule is O=c1[nH]c2ccccc2n1[C@H]1C[C@H]2CC[C@@H](C1)N2. The van der Waals surface area contributed by atoms with E-state index in [1.165, 1.54) is 12.8 Å². The first kappa shape index (κ1) is 10.4. The minimum absolute atomic E-state index is 0.0440. The van der Waals surface area contributed by atoms with Crippen LogP contribution in [0, 0.1) is 0 Å². The van der Waals surface area contributed by atoms with E-state index < -0.39 is 0 Å². The van der Waals surface area contributed by atoms with E-state index in [-0.39, 0.29) is 5.69 Å². The van der Waals surface area contributed by atoms with Gasteiger partial charge in [0.1, 0.15) is 0 Å². The predicted octanol–water partition coefficient (Wildman–Crippen LogP) is 1.79. The van der Waals surface area contributed by atoms with Gasteiger partial charge in [0.05, 0.1) is 11.0 Å². The Morgan fingerprint density at radius 2 is 1.83 bits per heavy atom. The molecule has 0 unspecified atom stereocenters. The molecule has 2 N–H and O–H groups in total. The van der Waals surface area contributed by atoms with Crippen molar-refractivity contribution in [2.24, 2.45) is 0 Å². The largest absolute Gasteiger partial charge is 0.326 e. The van der Waals surface area contributed by atoms with Crippen LogP contribution >= 0.6 is 0 Å². The lowest BCUT2D eigenvalue weighted by molar-refractivity contribution is 0.299. The highest BCUT2D eigenvalue weighted by molar-refractivity contribution is 5.75. The van der Waals surface area contributed by atoms with Crippen molar-refractivity contribution in [1.82, 2.24) is 14.9 Å². The zero-order chi connectivity index (χ0) is 12.1. The standard InChI is InChI=1S/C14H17N3O/c18-14-16-12-3-1-2-4-13(12)17(14)11-7-9-5-6-10(8-11)15-9/h1-4,9-11,15H,5-8H2,(H,16,18)/t9-,10+,11+. The third-order valence-corrected chi connectivity index (χ3v) is 4.44. The van der Waals surface area contributed by atoms with Crippen LogP contribution in [0.1, 0.15) is 31.7 Å². The van der Waals surface area contributed by atoms with Crippen LogP contribution in [0.15, 0.2) is 29.1 Å². The minimum Gasteiger partial charge on any atom is -0.311 e. The summed E-state index contributed by atoms with van der Waals surface area (Å²) in [5.41, 5.74) is 2.05. The lowest BCUT2D eigenvalue weighted by Gasteiger charge is -2.29. The van der Waals surface area contributed by atoms with E-state index >= 15 is 0 Å². The second kappa shape index (κ2) is 3.72. The summed E-state index contributed by atoms with van der Waals surface area (Å²) in [6, 6.07) is 9.55. The van der Waals surface area contributed by atoms with Gasteiger partial charge in [0.2, 0.25) is 0 Å². The summed E-state index contributed by atoms with van der Waals surface area (Å²) in [5.74, 6) is 0. The maximum atomic E-state index is 12.2. The molecule has 2 saturated heterocycles. The molecule has 2 aliphatic heterocycles. The fourth-order valence-corrected chi connectivity index (χ4v) is 3.67. The quantitative estimate of drug-likeness (QED) is 0.802. The van der Waals surface area contributed by atoms with E-state index in [1.807, 2.05) is 28.8 Å². The molecule has 1 aromatic heterocycles. The highest BCUT2D eigenvalue weighted by Crippen LogP contribution is 2.34. The number of piperidine rings is 1. The van der Waals surface area contributed by atoms with Gasteiger partial charge < -0.3 is 10.3 Å². The molecular weight excluding hydrogens is 226 g/mol. The molecule has 0 amide bonds. The number of hydrogen-bond acceptors (Lipinski definition) is 2. The van der Waals surface area contributed by atoms with E-state index in [2.05, 4.69) is 10.3 Å². The molecule has 0 aliphatic carbocycles. The number of H-pyrrole nitrogens is 1. The van der Waals surface area contributed by atoms with Crippen molar-refractivity contribution in [3.8, 4) is 0 Å². The molecule has 3 atom stereocenters. The van der Waals surface area contributed by atoms with Gasteiger partial charge in [-0.05, 0) is 37.8 Å². The van der Waals surface area contributed by atoms with Crippen LogP contribution in [-0.4, -0.2) is 21.6 Å². The number of nitrogens with zero attached hydrogens (tertiary/aromatic N) is 1. The normalized spacial score (nSPS) is 31.0. The van der Waals surface area contributed by atoms with Crippen molar-refractivity contribution in [3.05, 3.63) is 34.7 Å². The van der Waals surface area contributed by atoms with E-state index in [1.54, 1.807) is 0 Å². The topological polar surface area (TPSA) is 49.8 Å². The molecule has 0 radical (unpaired) electrons. The highest BCUT2D eigenvalue weighted by atomic mass is 16.1. The summed E-state index contributed by atoms with van der Waals surface area (Å²) in [5, 5.41) is 3.62. The van der Waals surface area contributed by atoms with Crippen molar-refractivity contribution in [2.45, 2.75) is 43.8 Å². The molecule has 4 rings (SSSR count). The number of hydrogen-bond donors (Lipinski definition) is 2. The monoisotopic (exact) mass is 243 g/mol. The number of aromatic nitrogens is 2. The lowest BCUT2D eigenvalue weighted by Crippen LogP contribution is -2.40. The minimum atomic E-state index is 0.0440. The molecule has 18 heavy (non-hydrogen) atoms. The van der Waals surface area contributed by atoms with E-state index in [0.717, 1.165) is 23.9 Å². The fourth-order valence-electron chi connectivity index (χ4n) is 3.67. The molecule has 2 aromatic rings. The van der Waals surface area contributed by atoms with Crippen molar-refractivity contribution in [2.75, 3.05) is 0 Å². The molecule has 3 heterocycles. The maximum Gasteiger partial charge on any atom is 0.326 e. The highest BCUT2D eigenvalue weighted by Gasteiger charge is 2.35. The second-order valence-corrected chi connectivity index (χ2v) is 5.58. The van der Waals surface area contributed by atoms with E-state index in [4.69, 9.17) is 0 Å². The average molecular weight is 243 g/mol. The van der Waals surface area contributed by atoms with Gasteiger partial charge >= 0.3 is 5.69 Å². The number of rotatable bonds is 1. The lowest BCUT2D eigenvalue weighted by atomic mass is 9.99. The van der Waals surface area contributed by atoms with Gasteiger partial charge in [-0.25, -0.2) is 4.79 Å². The number of nitrogens with one attached hydrogen (secondary N) is 2. The van der Waals surface area contributed by atoms with Crippen LogP contribution in [0.5, 0.6) is 0 Å². The molecular formula is C14H17N3O. The molecule has 94 valence electrons. The van der Waals surface area contributed by atoms with Crippen LogP contribution in [0.4, 0.5) is 0 Å². The molecule has 2 fully saturated rings. The Labute approximate surface area is 105 Å². The molecule has 4 heteroatoms. The first-order valence-electron chi connectivity index (χ1n) is 6.76. The molecule has 0 saturated carbocycles. The average Bonchev–Trinajstić information content (AvgIpc) is 2.88. The Balaban J connectivity index is 1.82. The predicted molar refractivity (Wildman–Crippen MR) is 70.8 cm³/mol. The first-order valence-corrected chi connectivity index (χ1v) is 6.76. The Hall–Kier alpha value is -1.55. The molecule has 4 nitrogen and oxygen atoms in total. The molecule has 0 spiro atoms. The van der Waals surface area contributed by atoms with Gasteiger partial charge in [-0.2, -0.15) is 0 Å². The smallest absolute Gasteiger partial charge is 0.311 e. The van der Waals surface area contributed by atoms with Crippen molar-refractivity contribution in [3.63, 3.8) is 0 Å². The van der Waals surface area contributed by atoms with E-state index in [0.29, 0.717) is 18.1 Å². The van der Waals surface area contributed by atoms with Gasteiger partial charge in [0, 0.05) is 18.1 Å². The Kier molecular flexibility index (Phi) is 2.14. The van der Waals surface area contributed by atoms with Crippen molar-refractivity contribution in [1.29, 1.82) is 0 Å². The molecule has 2 aliphatic rings. The first-order chi connectivity index (χ1) is 8.81. The third-order valence-electron chi connectivity index (χ3n) is 4.44. The number of benzene rings is 1. The Morgan fingerprint density at radius 3 is 2.61 bits per heavy atom. The summed E-state index contributed by atoms with van der Waals surface area (Å²) in [6.45, 7) is 0. The fraction of sp³-hybridized carbons (Fsp3) is 0.500. The van der Waals surface area contributed by atoms with Gasteiger partial charge in [-0.1, -0.05) is 12.1 Å². The van der Waals surface area contributed by atoms with Gasteiger partial charge in [-0.15, -0.1) is 0 Å². The number of aromatic amines is 1. The number of para-hydroxylation sites is 2. The van der Waals surface area contributed by atoms with Crippen LogP contribution in [0.2, 0.25) is 0 Å². The van der Waals surface area contributed by atoms with E-state index in [9.17, 15) is 4.79 Å². The Morgan fingerprint density at radius 1 is 1.11 bits per heavy atom. The molecule has 2 bridgehead atoms. The van der Waals surface area contributed by atoms with Gasteiger partial charge in [0.15, 0.2) is 0 Å². The third kappa shape index (κ3) is 1.45. The summed E-state index contributed by atoms with van der Waals surface area (Å²) < 4.78 is 1.97. The van der Waals surface area contributed by atoms with Crippen LogP contribution in [0.3, 0.4) is 0 Å². The van der Waals surface area contributed by atoms with Gasteiger partial charge in [0.25, 0.3) is 0 Å². The Bertz CT molecular complexity index is 630. The maximum absolute atomic E-state index is 12.2. The second-order valence-electron chi connectivity index (χ2n) is 5.58. The zero-order valence-electron chi connectivity index (χ0n) is 10.2. The summed E-state index contributed by atoms with van der Waals surface area (Å²) in [6.07, 6.45) is 4.69. The van der Waals surface area contributed by atoms with Gasteiger partial charge in [-0.3, -0.25) is 4.57 Å². The van der Waals surface area contributed by atoms with Crippen LogP contribution < -0.4 is 11.0 Å². The summed E-state index contributed by atoms with van der Waals surface area (Å²) in [4.78, 5) is 15.1. The molecule has 1 aromatic carbocycles. The van der Waals surface area contributed by atoms with Crippen LogP contribution in [0.25, 0.3) is 11.0 Å². The van der Waals surface area contributed by atoms with Crippen molar-refractivity contribution >= 4 is 11.0 Å². The summed E-state index contributed by atoms with van der Waals surface area (Å²) >= 11 is 0. The number of imidazole rings is 1. The van der Waals surface area contributed by atoms with Crippen molar-refractivity contribution < 1.29 is 0 Å². The summed E-state index contributed by atoms with van der Waals surface area (Å²) in [7, 11) is 0. The van der Waals surface area contributed by atoms with Crippen LogP contribution in [-0.2, 0) is 0 Å². The number of fused-ring (bicyclic) bond motifs is 3. The zero-order valence-corrected chi connectivity index (χ0v) is 10.2.